The summed E-state index contributed by atoms with van der Waals surface area (Å²) < 4.78 is 0. The van der Waals surface area contributed by atoms with Crippen LogP contribution < -0.4 is 10.6 Å². The molecule has 0 radical (unpaired) electrons. The molecule has 0 unspecified atom stereocenters. The van der Waals surface area contributed by atoms with E-state index in [1.54, 1.807) is 12.1 Å². The lowest BCUT2D eigenvalue weighted by atomic mass is 9.78. The van der Waals surface area contributed by atoms with Gasteiger partial charge in [-0.3, -0.25) is 19.4 Å². The van der Waals surface area contributed by atoms with Gasteiger partial charge in [0.25, 0.3) is 0 Å². The molecular weight excluding hydrogens is 388 g/mol. The fourth-order valence-electron chi connectivity index (χ4n) is 4.30. The van der Waals surface area contributed by atoms with Gasteiger partial charge in [0, 0.05) is 32.2 Å². The standard InChI is InChI=1S/C22H33ClN4O2/c1-16-6-5-9-19(17(16)2)24-21(28)14-26-10-12-27(13-11-26)15-22(29)25-20-8-4-3-7-18(20)23/h3-4,7-8,16-17,19H,5-6,9-15H2,1-2H3,(H,24,28)(H,25,29)/t16-,17+,19-/m1/s1. The number of carbonyl (C=O) groups excluding carboxylic acids is 2. The molecule has 3 rings (SSSR count). The van der Waals surface area contributed by atoms with Crippen molar-refractivity contribution >= 4 is 29.1 Å². The van der Waals surface area contributed by atoms with Crippen LogP contribution in [0.1, 0.15) is 33.1 Å². The Bertz CT molecular complexity index is 706. The van der Waals surface area contributed by atoms with Gasteiger partial charge in [-0.1, -0.05) is 50.4 Å². The molecule has 6 nitrogen and oxygen atoms in total. The Morgan fingerprint density at radius 3 is 2.28 bits per heavy atom. The third-order valence-corrected chi connectivity index (χ3v) is 6.73. The first-order chi connectivity index (χ1) is 13.9. The first-order valence-corrected chi connectivity index (χ1v) is 11.1. The highest BCUT2D eigenvalue weighted by molar-refractivity contribution is 6.33. The Morgan fingerprint density at radius 1 is 1.00 bits per heavy atom. The number of nitrogens with one attached hydrogen (secondary N) is 2. The van der Waals surface area contributed by atoms with Crippen molar-refractivity contribution in [1.82, 2.24) is 15.1 Å². The zero-order valence-corrected chi connectivity index (χ0v) is 18.3. The predicted molar refractivity (Wildman–Crippen MR) is 117 cm³/mol. The molecule has 3 atom stereocenters. The van der Waals surface area contributed by atoms with Crippen LogP contribution in [0, 0.1) is 11.8 Å². The van der Waals surface area contributed by atoms with Gasteiger partial charge in [-0.05, 0) is 30.4 Å². The number of para-hydroxylation sites is 1. The van der Waals surface area contributed by atoms with E-state index < -0.39 is 0 Å². The van der Waals surface area contributed by atoms with E-state index in [1.807, 2.05) is 12.1 Å². The summed E-state index contributed by atoms with van der Waals surface area (Å²) >= 11 is 6.09. The van der Waals surface area contributed by atoms with Gasteiger partial charge < -0.3 is 10.6 Å². The Balaban J connectivity index is 1.37. The van der Waals surface area contributed by atoms with Crippen LogP contribution in [0.2, 0.25) is 5.02 Å². The minimum Gasteiger partial charge on any atom is -0.352 e. The molecule has 1 saturated heterocycles. The SMILES string of the molecule is C[C@H]1[C@H](C)CCC[C@H]1NC(=O)CN1CCN(CC(=O)Nc2ccccc2Cl)CC1. The van der Waals surface area contributed by atoms with Crippen LogP contribution in [-0.4, -0.2) is 66.9 Å². The smallest absolute Gasteiger partial charge is 0.238 e. The summed E-state index contributed by atoms with van der Waals surface area (Å²) in [5.41, 5.74) is 0.640. The molecule has 1 aromatic carbocycles. The molecule has 0 bridgehead atoms. The first kappa shape index (κ1) is 22.1. The van der Waals surface area contributed by atoms with E-state index in [9.17, 15) is 9.59 Å². The number of amides is 2. The van der Waals surface area contributed by atoms with Gasteiger partial charge >= 0.3 is 0 Å². The van der Waals surface area contributed by atoms with Gasteiger partial charge in [-0.2, -0.15) is 0 Å². The largest absolute Gasteiger partial charge is 0.352 e. The molecule has 1 aliphatic heterocycles. The second-order valence-corrected chi connectivity index (χ2v) is 8.93. The molecule has 2 N–H and O–H groups in total. The van der Waals surface area contributed by atoms with Crippen LogP contribution in [-0.2, 0) is 9.59 Å². The molecule has 1 aliphatic carbocycles. The number of carbonyl (C=O) groups is 2. The van der Waals surface area contributed by atoms with E-state index in [2.05, 4.69) is 34.3 Å². The quantitative estimate of drug-likeness (QED) is 0.742. The second-order valence-electron chi connectivity index (χ2n) is 8.52. The number of halogens is 1. The highest BCUT2D eigenvalue weighted by Crippen LogP contribution is 2.29. The maximum Gasteiger partial charge on any atom is 0.238 e. The van der Waals surface area contributed by atoms with Crippen molar-refractivity contribution in [3.63, 3.8) is 0 Å². The lowest BCUT2D eigenvalue weighted by Gasteiger charge is -2.36. The topological polar surface area (TPSA) is 64.7 Å². The van der Waals surface area contributed by atoms with Gasteiger partial charge in [-0.15, -0.1) is 0 Å². The molecule has 1 aromatic rings. The Labute approximate surface area is 179 Å². The van der Waals surface area contributed by atoms with Crippen molar-refractivity contribution in [3.8, 4) is 0 Å². The molecule has 2 aliphatic rings. The number of piperazine rings is 1. The summed E-state index contributed by atoms with van der Waals surface area (Å²) in [4.78, 5) is 29.1. The molecule has 1 saturated carbocycles. The highest BCUT2D eigenvalue weighted by Gasteiger charge is 2.29. The summed E-state index contributed by atoms with van der Waals surface area (Å²) in [5.74, 6) is 1.28. The summed E-state index contributed by atoms with van der Waals surface area (Å²) in [6.07, 6.45) is 3.55. The Morgan fingerprint density at radius 2 is 1.62 bits per heavy atom. The van der Waals surface area contributed by atoms with Gasteiger partial charge in [0.1, 0.15) is 0 Å². The molecule has 2 amide bonds. The van der Waals surface area contributed by atoms with Crippen molar-refractivity contribution in [2.45, 2.75) is 39.2 Å². The summed E-state index contributed by atoms with van der Waals surface area (Å²) in [6.45, 7) is 8.46. The highest BCUT2D eigenvalue weighted by atomic mass is 35.5. The summed E-state index contributed by atoms with van der Waals surface area (Å²) in [6, 6.07) is 7.55. The van der Waals surface area contributed by atoms with Crippen molar-refractivity contribution < 1.29 is 9.59 Å². The minimum absolute atomic E-state index is 0.0651. The first-order valence-electron chi connectivity index (χ1n) is 10.7. The van der Waals surface area contributed by atoms with Crippen LogP contribution >= 0.6 is 11.6 Å². The van der Waals surface area contributed by atoms with E-state index in [0.29, 0.717) is 41.7 Å². The van der Waals surface area contributed by atoms with E-state index >= 15 is 0 Å². The molecule has 0 spiro atoms. The minimum atomic E-state index is -0.0651. The average Bonchev–Trinajstić information content (AvgIpc) is 2.69. The van der Waals surface area contributed by atoms with E-state index in [-0.39, 0.29) is 11.8 Å². The maximum absolute atomic E-state index is 12.5. The number of rotatable bonds is 6. The third kappa shape index (κ3) is 6.43. The van der Waals surface area contributed by atoms with Crippen LogP contribution in [0.4, 0.5) is 5.69 Å². The third-order valence-electron chi connectivity index (χ3n) is 6.40. The number of benzene rings is 1. The average molecular weight is 421 g/mol. The molecule has 2 fully saturated rings. The fourth-order valence-corrected chi connectivity index (χ4v) is 4.49. The predicted octanol–water partition coefficient (Wildman–Crippen LogP) is 2.84. The monoisotopic (exact) mass is 420 g/mol. The van der Waals surface area contributed by atoms with Crippen molar-refractivity contribution in [2.24, 2.45) is 11.8 Å². The number of anilines is 1. The summed E-state index contributed by atoms with van der Waals surface area (Å²) in [5, 5.41) is 6.66. The van der Waals surface area contributed by atoms with E-state index in [4.69, 9.17) is 11.6 Å². The Kier molecular flexibility index (Phi) is 7.92. The molecule has 1 heterocycles. The van der Waals surface area contributed by atoms with Crippen LogP contribution in [0.15, 0.2) is 24.3 Å². The second kappa shape index (κ2) is 10.4. The fraction of sp³-hybridized carbons (Fsp3) is 0.636. The van der Waals surface area contributed by atoms with Gasteiger partial charge in [-0.25, -0.2) is 0 Å². The van der Waals surface area contributed by atoms with Crippen LogP contribution in [0.5, 0.6) is 0 Å². The van der Waals surface area contributed by atoms with Crippen molar-refractivity contribution in [1.29, 1.82) is 0 Å². The normalized spacial score (nSPS) is 26.1. The molecule has 0 aromatic heterocycles. The summed E-state index contributed by atoms with van der Waals surface area (Å²) in [7, 11) is 0. The number of hydrogen-bond acceptors (Lipinski definition) is 4. The molecular formula is C22H33ClN4O2. The van der Waals surface area contributed by atoms with Crippen LogP contribution in [0.25, 0.3) is 0 Å². The van der Waals surface area contributed by atoms with Gasteiger partial charge in [0.05, 0.1) is 23.8 Å². The van der Waals surface area contributed by atoms with Crippen molar-refractivity contribution in [3.05, 3.63) is 29.3 Å². The zero-order chi connectivity index (χ0) is 20.8. The van der Waals surface area contributed by atoms with Gasteiger partial charge in [0.15, 0.2) is 0 Å². The van der Waals surface area contributed by atoms with Crippen molar-refractivity contribution in [2.75, 3.05) is 44.6 Å². The maximum atomic E-state index is 12.5. The van der Waals surface area contributed by atoms with E-state index in [0.717, 1.165) is 32.6 Å². The molecule has 29 heavy (non-hydrogen) atoms. The number of hydrogen-bond donors (Lipinski definition) is 2. The van der Waals surface area contributed by atoms with E-state index in [1.165, 1.54) is 12.8 Å². The lowest BCUT2D eigenvalue weighted by molar-refractivity contribution is -0.124. The Hall–Kier alpha value is -1.63. The van der Waals surface area contributed by atoms with Crippen LogP contribution in [0.3, 0.4) is 0 Å². The molecule has 7 heteroatoms. The zero-order valence-electron chi connectivity index (χ0n) is 17.5. The lowest BCUT2D eigenvalue weighted by Crippen LogP contribution is -2.52. The molecule has 160 valence electrons. The number of nitrogens with zero attached hydrogens (tertiary/aromatic N) is 2. The van der Waals surface area contributed by atoms with Gasteiger partial charge in [0.2, 0.25) is 11.8 Å².